The quantitative estimate of drug-likeness (QED) is 0.322. The largest absolute Gasteiger partial charge is 0.462 e. The van der Waals surface area contributed by atoms with Crippen LogP contribution in [0.25, 0.3) is 0 Å². The van der Waals surface area contributed by atoms with E-state index in [0.29, 0.717) is 5.56 Å². The van der Waals surface area contributed by atoms with E-state index in [2.05, 4.69) is 10.1 Å². The van der Waals surface area contributed by atoms with Gasteiger partial charge in [0, 0.05) is 18.2 Å². The summed E-state index contributed by atoms with van der Waals surface area (Å²) >= 11 is 0. The van der Waals surface area contributed by atoms with Crippen molar-refractivity contribution in [3.8, 4) is 5.75 Å². The number of hydrogen-bond acceptors (Lipinski definition) is 9. The summed E-state index contributed by atoms with van der Waals surface area (Å²) in [6, 6.07) is 8.21. The van der Waals surface area contributed by atoms with Gasteiger partial charge in [0.2, 0.25) is 0 Å². The van der Waals surface area contributed by atoms with E-state index in [9.17, 15) is 24.1 Å². The van der Waals surface area contributed by atoms with Gasteiger partial charge in [-0.15, -0.1) is 0 Å². The predicted octanol–water partition coefficient (Wildman–Crippen LogP) is 1.24. The first-order valence-corrected chi connectivity index (χ1v) is 12.2. The molecule has 1 fully saturated rings. The van der Waals surface area contributed by atoms with Crippen LogP contribution in [0, 0.1) is 6.92 Å². The van der Waals surface area contributed by atoms with Crippen LogP contribution >= 0.6 is 7.75 Å². The van der Waals surface area contributed by atoms with E-state index < -0.39 is 49.9 Å². The molecule has 0 spiro atoms. The smallest absolute Gasteiger partial charge is 0.459 e. The highest BCUT2D eigenvalue weighted by Crippen LogP contribution is 2.45. The number of carbonyl (C=O) groups is 1. The lowest BCUT2D eigenvalue weighted by atomic mass is 10.2. The SMILES string of the molecule is Cc1cn([C@H]2C[C@@H](O)C(COP(=O)(NCC(=O)OC(C)C)Oc3ccccc3)O2)c(=O)[nH]c1=O. The average Bonchev–Trinajstić information content (AvgIpc) is 3.14. The number of aromatic nitrogens is 2. The fourth-order valence-corrected chi connectivity index (χ4v) is 4.47. The van der Waals surface area contributed by atoms with Gasteiger partial charge in [-0.05, 0) is 32.9 Å². The molecule has 2 aromatic rings. The third-order valence-corrected chi connectivity index (χ3v) is 6.31. The first kappa shape index (κ1) is 25.9. The molecule has 0 aliphatic carbocycles. The fourth-order valence-electron chi connectivity index (χ4n) is 3.20. The highest BCUT2D eigenvalue weighted by molar-refractivity contribution is 7.52. The van der Waals surface area contributed by atoms with Crippen LogP contribution in [0.3, 0.4) is 0 Å². The zero-order valence-corrected chi connectivity index (χ0v) is 19.9. The number of H-pyrrole nitrogens is 1. The lowest BCUT2D eigenvalue weighted by molar-refractivity contribution is -0.146. The van der Waals surface area contributed by atoms with Crippen LogP contribution in [-0.4, -0.2) is 52.1 Å². The van der Waals surface area contributed by atoms with Crippen LogP contribution < -0.4 is 20.9 Å². The maximum atomic E-state index is 13.3. The standard InChI is InChI=1S/C21H28N3O9P/c1-13(2)31-19(26)10-22-34(29,33-15-7-5-4-6-8-15)30-12-17-16(25)9-18(32-17)24-11-14(3)20(27)23-21(24)28/h4-8,11,13,16-18,25H,9-10,12H2,1-3H3,(H,22,29)(H,23,27,28)/t16-,17?,18-,34?/m1/s1. The molecule has 0 bridgehead atoms. The summed E-state index contributed by atoms with van der Waals surface area (Å²) in [6.07, 6.45) is -1.86. The number of carbonyl (C=O) groups excluding carboxylic acids is 1. The van der Waals surface area contributed by atoms with Gasteiger partial charge in [0.05, 0.1) is 18.8 Å². The maximum Gasteiger partial charge on any atom is 0.459 e. The molecular formula is C21H28N3O9P. The average molecular weight is 497 g/mol. The Bertz CT molecular complexity index is 1150. The molecule has 2 heterocycles. The van der Waals surface area contributed by atoms with Crippen LogP contribution in [-0.2, 0) is 23.4 Å². The number of benzene rings is 1. The molecule has 186 valence electrons. The van der Waals surface area contributed by atoms with E-state index in [1.54, 1.807) is 44.2 Å². The number of rotatable bonds is 10. The number of aromatic amines is 1. The van der Waals surface area contributed by atoms with Gasteiger partial charge in [0.15, 0.2) is 0 Å². The predicted molar refractivity (Wildman–Crippen MR) is 120 cm³/mol. The number of hydrogen-bond donors (Lipinski definition) is 3. The minimum absolute atomic E-state index is 0.0391. The number of aryl methyl sites for hydroxylation is 1. The van der Waals surface area contributed by atoms with Crippen molar-refractivity contribution in [3.05, 3.63) is 62.9 Å². The molecule has 1 aliphatic heterocycles. The van der Waals surface area contributed by atoms with Crippen LogP contribution in [0.15, 0.2) is 46.1 Å². The van der Waals surface area contributed by atoms with Gasteiger partial charge in [-0.25, -0.2) is 14.4 Å². The normalized spacial score (nSPS) is 21.9. The summed E-state index contributed by atoms with van der Waals surface area (Å²) in [4.78, 5) is 37.8. The third kappa shape index (κ3) is 6.87. The highest BCUT2D eigenvalue weighted by Gasteiger charge is 2.38. The van der Waals surface area contributed by atoms with E-state index in [1.807, 2.05) is 0 Å². The fraction of sp³-hybridized carbons (Fsp3) is 0.476. The summed E-state index contributed by atoms with van der Waals surface area (Å²) in [5.74, 6) is -0.419. The molecule has 1 aliphatic rings. The van der Waals surface area contributed by atoms with Gasteiger partial charge in [-0.3, -0.25) is 23.7 Å². The monoisotopic (exact) mass is 497 g/mol. The van der Waals surface area contributed by atoms with Crippen molar-refractivity contribution in [3.63, 3.8) is 0 Å². The molecule has 12 nitrogen and oxygen atoms in total. The van der Waals surface area contributed by atoms with E-state index >= 15 is 0 Å². The summed E-state index contributed by atoms with van der Waals surface area (Å²) in [7, 11) is -4.09. The van der Waals surface area contributed by atoms with Crippen LogP contribution in [0.4, 0.5) is 0 Å². The van der Waals surface area contributed by atoms with E-state index in [4.69, 9.17) is 18.5 Å². The van der Waals surface area contributed by atoms with Crippen molar-refractivity contribution in [1.29, 1.82) is 0 Å². The van der Waals surface area contributed by atoms with Crippen molar-refractivity contribution < 1.29 is 33.0 Å². The zero-order valence-electron chi connectivity index (χ0n) is 19.0. The highest BCUT2D eigenvalue weighted by atomic mass is 31.2. The topological polar surface area (TPSA) is 158 Å². The van der Waals surface area contributed by atoms with Crippen molar-refractivity contribution in [2.24, 2.45) is 0 Å². The number of nitrogens with one attached hydrogen (secondary N) is 2. The summed E-state index contributed by atoms with van der Waals surface area (Å²) in [5, 5.41) is 12.9. The number of aliphatic hydroxyl groups is 1. The van der Waals surface area contributed by atoms with Gasteiger partial charge in [-0.2, -0.15) is 0 Å². The third-order valence-electron chi connectivity index (χ3n) is 4.82. The van der Waals surface area contributed by atoms with Crippen molar-refractivity contribution in [2.45, 2.75) is 51.7 Å². The Labute approximate surface area is 195 Å². The first-order valence-electron chi connectivity index (χ1n) is 10.7. The Kier molecular flexibility index (Phi) is 8.45. The summed E-state index contributed by atoms with van der Waals surface area (Å²) < 4.78 is 36.2. The van der Waals surface area contributed by atoms with Crippen molar-refractivity contribution in [1.82, 2.24) is 14.6 Å². The summed E-state index contributed by atoms with van der Waals surface area (Å²) in [5.41, 5.74) is -0.894. The molecule has 34 heavy (non-hydrogen) atoms. The second-order valence-electron chi connectivity index (χ2n) is 7.98. The Balaban J connectivity index is 1.69. The molecule has 13 heteroatoms. The Morgan fingerprint density at radius 2 is 2.03 bits per heavy atom. The minimum atomic E-state index is -4.09. The lowest BCUT2D eigenvalue weighted by Crippen LogP contribution is -2.33. The molecule has 3 N–H and O–H groups in total. The lowest BCUT2D eigenvalue weighted by Gasteiger charge is -2.22. The first-order chi connectivity index (χ1) is 16.1. The molecule has 2 unspecified atom stereocenters. The maximum absolute atomic E-state index is 13.3. The number of esters is 1. The van der Waals surface area contributed by atoms with Crippen LogP contribution in [0.2, 0.25) is 0 Å². The van der Waals surface area contributed by atoms with Gasteiger partial charge in [0.1, 0.15) is 24.6 Å². The molecule has 1 saturated heterocycles. The molecule has 1 aromatic heterocycles. The van der Waals surface area contributed by atoms with Crippen molar-refractivity contribution >= 4 is 13.7 Å². The molecule has 0 amide bonds. The molecule has 1 aromatic carbocycles. The Morgan fingerprint density at radius 3 is 2.71 bits per heavy atom. The van der Waals surface area contributed by atoms with Gasteiger partial charge >= 0.3 is 19.4 Å². The molecule has 0 saturated carbocycles. The number of para-hydroxylation sites is 1. The van der Waals surface area contributed by atoms with Crippen molar-refractivity contribution in [2.75, 3.05) is 13.2 Å². The Morgan fingerprint density at radius 1 is 1.32 bits per heavy atom. The van der Waals surface area contributed by atoms with Gasteiger partial charge in [-0.1, -0.05) is 18.2 Å². The minimum Gasteiger partial charge on any atom is -0.462 e. The summed E-state index contributed by atoms with van der Waals surface area (Å²) in [6.45, 7) is 4.09. The van der Waals surface area contributed by atoms with Gasteiger partial charge < -0.3 is 19.1 Å². The molecule has 4 atom stereocenters. The number of aliphatic hydroxyl groups excluding tert-OH is 1. The molecule has 3 rings (SSSR count). The zero-order chi connectivity index (χ0) is 24.9. The number of ether oxygens (including phenoxy) is 2. The second kappa shape index (κ2) is 11.1. The van der Waals surface area contributed by atoms with E-state index in [1.165, 1.54) is 17.7 Å². The number of nitrogens with zero attached hydrogens (tertiary/aromatic N) is 1. The molecule has 0 radical (unpaired) electrons. The second-order valence-corrected chi connectivity index (χ2v) is 9.73. The van der Waals surface area contributed by atoms with Crippen LogP contribution in [0.1, 0.15) is 32.1 Å². The van der Waals surface area contributed by atoms with E-state index in [-0.39, 0.29) is 24.9 Å². The molecular weight excluding hydrogens is 469 g/mol. The Hall–Kier alpha value is -2.76. The van der Waals surface area contributed by atoms with Gasteiger partial charge in [0.25, 0.3) is 5.56 Å². The van der Waals surface area contributed by atoms with E-state index in [0.717, 1.165) is 0 Å². The van der Waals surface area contributed by atoms with Crippen LogP contribution in [0.5, 0.6) is 5.75 Å².